The van der Waals surface area contributed by atoms with Crippen LogP contribution < -0.4 is 4.74 Å². The molecule has 1 N–H and O–H groups in total. The van der Waals surface area contributed by atoms with Gasteiger partial charge < -0.3 is 9.84 Å². The van der Waals surface area contributed by atoms with Crippen molar-refractivity contribution in [3.63, 3.8) is 0 Å². The molecule has 100 valence electrons. The minimum Gasteiger partial charge on any atom is -0.502 e. The van der Waals surface area contributed by atoms with Crippen LogP contribution in [0.25, 0.3) is 5.57 Å². The molecule has 1 aromatic carbocycles. The molecule has 2 amide bonds. The highest BCUT2D eigenvalue weighted by molar-refractivity contribution is 6.34. The molecule has 0 atom stereocenters. The average molecular weight is 261 g/mol. The van der Waals surface area contributed by atoms with E-state index in [1.807, 2.05) is 6.92 Å². The first-order valence-electron chi connectivity index (χ1n) is 6.04. The summed E-state index contributed by atoms with van der Waals surface area (Å²) in [5.41, 5.74) is 0.566. The second kappa shape index (κ2) is 5.14. The molecule has 0 bridgehead atoms. The van der Waals surface area contributed by atoms with Crippen molar-refractivity contribution >= 4 is 17.4 Å². The van der Waals surface area contributed by atoms with Gasteiger partial charge in [0.2, 0.25) is 0 Å². The van der Waals surface area contributed by atoms with Crippen LogP contribution in [-0.2, 0) is 9.59 Å². The number of aliphatic hydroxyl groups excluding tert-OH is 1. The molecular formula is C14H15NO4. The summed E-state index contributed by atoms with van der Waals surface area (Å²) in [6, 6.07) is 6.64. The van der Waals surface area contributed by atoms with Gasteiger partial charge in [0.05, 0.1) is 12.7 Å². The Hall–Kier alpha value is -2.30. The second-order valence-corrected chi connectivity index (χ2v) is 4.21. The Labute approximate surface area is 111 Å². The number of rotatable bonds is 4. The van der Waals surface area contributed by atoms with Crippen LogP contribution in [0.15, 0.2) is 30.0 Å². The zero-order valence-electron chi connectivity index (χ0n) is 10.8. The minimum absolute atomic E-state index is 0.0566. The fourth-order valence-electron chi connectivity index (χ4n) is 2.01. The van der Waals surface area contributed by atoms with Crippen LogP contribution in [0.5, 0.6) is 5.75 Å². The summed E-state index contributed by atoms with van der Waals surface area (Å²) in [5, 5.41) is 9.84. The van der Waals surface area contributed by atoms with Gasteiger partial charge in [0.1, 0.15) is 5.75 Å². The smallest absolute Gasteiger partial charge is 0.296 e. The normalized spacial score (nSPS) is 15.4. The molecule has 0 unspecified atom stereocenters. The Morgan fingerprint density at radius 2 is 1.79 bits per heavy atom. The maximum Gasteiger partial charge on any atom is 0.296 e. The van der Waals surface area contributed by atoms with Gasteiger partial charge in [-0.15, -0.1) is 0 Å². The predicted octanol–water partition coefficient (Wildman–Crippen LogP) is 1.74. The van der Waals surface area contributed by atoms with E-state index < -0.39 is 17.6 Å². The fourth-order valence-corrected chi connectivity index (χ4v) is 2.01. The molecule has 0 radical (unpaired) electrons. The molecule has 5 heteroatoms. The molecule has 5 nitrogen and oxygen atoms in total. The summed E-state index contributed by atoms with van der Waals surface area (Å²) < 4.78 is 5.03. The number of carbonyl (C=O) groups excluding carboxylic acids is 2. The van der Waals surface area contributed by atoms with Crippen molar-refractivity contribution < 1.29 is 19.4 Å². The van der Waals surface area contributed by atoms with Crippen LogP contribution in [0.1, 0.15) is 18.9 Å². The lowest BCUT2D eigenvalue weighted by atomic mass is 10.1. The maximum absolute atomic E-state index is 12.1. The predicted molar refractivity (Wildman–Crippen MR) is 69.6 cm³/mol. The first-order valence-corrected chi connectivity index (χ1v) is 6.04. The molecule has 1 aliphatic rings. The van der Waals surface area contributed by atoms with Crippen molar-refractivity contribution in [2.45, 2.75) is 13.3 Å². The number of aliphatic hydroxyl groups is 1. The van der Waals surface area contributed by atoms with Gasteiger partial charge in [-0.1, -0.05) is 19.1 Å². The van der Waals surface area contributed by atoms with Crippen LogP contribution >= 0.6 is 0 Å². The number of nitrogens with zero attached hydrogens (tertiary/aromatic N) is 1. The number of amides is 2. The third kappa shape index (κ3) is 2.19. The van der Waals surface area contributed by atoms with E-state index in [0.29, 0.717) is 24.3 Å². The SMILES string of the molecule is CCCN1C(=O)C(O)=C(c2ccc(OC)cc2)C1=O. The van der Waals surface area contributed by atoms with Crippen LogP contribution in [0.4, 0.5) is 0 Å². The van der Waals surface area contributed by atoms with Gasteiger partial charge in [0.25, 0.3) is 11.8 Å². The third-order valence-corrected chi connectivity index (χ3v) is 2.97. The summed E-state index contributed by atoms with van der Waals surface area (Å²) in [6.45, 7) is 2.17. The molecule has 0 saturated heterocycles. The lowest BCUT2D eigenvalue weighted by Gasteiger charge is -2.12. The zero-order chi connectivity index (χ0) is 14.0. The highest BCUT2D eigenvalue weighted by Crippen LogP contribution is 2.29. The Morgan fingerprint density at radius 1 is 1.16 bits per heavy atom. The van der Waals surface area contributed by atoms with Crippen LogP contribution in [0.3, 0.4) is 0 Å². The van der Waals surface area contributed by atoms with Crippen molar-refractivity contribution in [2.24, 2.45) is 0 Å². The lowest BCUT2D eigenvalue weighted by Crippen LogP contribution is -2.32. The molecule has 0 aliphatic carbocycles. The minimum atomic E-state index is -0.627. The number of benzene rings is 1. The van der Waals surface area contributed by atoms with E-state index in [0.717, 1.165) is 4.90 Å². The number of hydrogen-bond donors (Lipinski definition) is 1. The monoisotopic (exact) mass is 261 g/mol. The lowest BCUT2D eigenvalue weighted by molar-refractivity contribution is -0.138. The van der Waals surface area contributed by atoms with E-state index in [1.165, 1.54) is 0 Å². The van der Waals surface area contributed by atoms with Crippen molar-refractivity contribution in [1.82, 2.24) is 4.90 Å². The first kappa shape index (κ1) is 13.1. The van der Waals surface area contributed by atoms with Gasteiger partial charge >= 0.3 is 0 Å². The standard InChI is InChI=1S/C14H15NO4/c1-3-8-15-13(17)11(12(16)14(15)18)9-4-6-10(19-2)7-5-9/h4-7,16H,3,8H2,1-2H3. The Bertz CT molecular complexity index is 545. The molecule has 19 heavy (non-hydrogen) atoms. The largest absolute Gasteiger partial charge is 0.502 e. The Morgan fingerprint density at radius 3 is 2.32 bits per heavy atom. The van der Waals surface area contributed by atoms with Crippen LogP contribution in [-0.4, -0.2) is 35.5 Å². The molecule has 0 fully saturated rings. The fraction of sp³-hybridized carbons (Fsp3) is 0.286. The number of carbonyl (C=O) groups is 2. The van der Waals surface area contributed by atoms with Crippen molar-refractivity contribution in [3.8, 4) is 5.75 Å². The molecule has 1 heterocycles. The molecule has 2 rings (SSSR count). The zero-order valence-corrected chi connectivity index (χ0v) is 10.8. The van der Waals surface area contributed by atoms with E-state index in [1.54, 1.807) is 31.4 Å². The number of ether oxygens (including phenoxy) is 1. The molecular weight excluding hydrogens is 246 g/mol. The first-order chi connectivity index (χ1) is 9.10. The second-order valence-electron chi connectivity index (χ2n) is 4.21. The summed E-state index contributed by atoms with van der Waals surface area (Å²) >= 11 is 0. The van der Waals surface area contributed by atoms with Gasteiger partial charge in [-0.3, -0.25) is 14.5 Å². The van der Waals surface area contributed by atoms with E-state index >= 15 is 0 Å². The summed E-state index contributed by atoms with van der Waals surface area (Å²) in [4.78, 5) is 25.0. The van der Waals surface area contributed by atoms with Crippen molar-refractivity contribution in [2.75, 3.05) is 13.7 Å². The molecule has 0 spiro atoms. The molecule has 0 aromatic heterocycles. The molecule has 1 aromatic rings. The number of hydrogen-bond acceptors (Lipinski definition) is 4. The van der Waals surface area contributed by atoms with Crippen molar-refractivity contribution in [1.29, 1.82) is 0 Å². The van der Waals surface area contributed by atoms with Gasteiger partial charge in [-0.05, 0) is 24.1 Å². The Kier molecular flexibility index (Phi) is 3.55. The summed E-state index contributed by atoms with van der Waals surface area (Å²) in [5.74, 6) is -0.915. The molecule has 0 saturated carbocycles. The van der Waals surface area contributed by atoms with E-state index in [9.17, 15) is 14.7 Å². The van der Waals surface area contributed by atoms with Gasteiger partial charge in [-0.2, -0.15) is 0 Å². The van der Waals surface area contributed by atoms with Crippen molar-refractivity contribution in [3.05, 3.63) is 35.6 Å². The third-order valence-electron chi connectivity index (χ3n) is 2.97. The van der Waals surface area contributed by atoms with Gasteiger partial charge in [0, 0.05) is 6.54 Å². The summed E-state index contributed by atoms with van der Waals surface area (Å²) in [6.07, 6.45) is 0.653. The van der Waals surface area contributed by atoms with E-state index in [4.69, 9.17) is 4.74 Å². The summed E-state index contributed by atoms with van der Waals surface area (Å²) in [7, 11) is 1.54. The maximum atomic E-state index is 12.1. The van der Waals surface area contributed by atoms with Crippen LogP contribution in [0, 0.1) is 0 Å². The van der Waals surface area contributed by atoms with E-state index in [-0.39, 0.29) is 5.57 Å². The quantitative estimate of drug-likeness (QED) is 0.838. The highest BCUT2D eigenvalue weighted by Gasteiger charge is 2.38. The number of methoxy groups -OCH3 is 1. The topological polar surface area (TPSA) is 66.8 Å². The van der Waals surface area contributed by atoms with Crippen LogP contribution in [0.2, 0.25) is 0 Å². The van der Waals surface area contributed by atoms with Gasteiger partial charge in [0.15, 0.2) is 5.76 Å². The van der Waals surface area contributed by atoms with Gasteiger partial charge in [-0.25, -0.2) is 0 Å². The Balaban J connectivity index is 2.37. The highest BCUT2D eigenvalue weighted by atomic mass is 16.5. The molecule has 1 aliphatic heterocycles. The average Bonchev–Trinajstić information content (AvgIpc) is 2.64. The van der Waals surface area contributed by atoms with E-state index in [2.05, 4.69) is 0 Å². The number of imide groups is 1.